The number of carbonyl (C=O) groups excluding carboxylic acids is 2. The van der Waals surface area contributed by atoms with Crippen molar-refractivity contribution in [2.75, 3.05) is 6.54 Å². The third kappa shape index (κ3) is 5.62. The molecule has 1 atom stereocenters. The Balaban J connectivity index is 2.16. The molecule has 0 bridgehead atoms. The van der Waals surface area contributed by atoms with Crippen molar-refractivity contribution in [1.82, 2.24) is 4.90 Å². The molecule has 26 heavy (non-hydrogen) atoms. The summed E-state index contributed by atoms with van der Waals surface area (Å²) in [6, 6.07) is 17.3. The van der Waals surface area contributed by atoms with Gasteiger partial charge in [-0.3, -0.25) is 9.59 Å². The molecule has 138 valence electrons. The number of nitrogens with two attached hydrogens (primary N) is 1. The van der Waals surface area contributed by atoms with E-state index in [-0.39, 0.29) is 18.9 Å². The SMILES string of the molecule is CCC(Oc1ccccc1C)C(=O)N(CCC(N)=O)Cc1ccccc1. The van der Waals surface area contributed by atoms with Gasteiger partial charge in [-0.25, -0.2) is 0 Å². The minimum absolute atomic E-state index is 0.124. The van der Waals surface area contributed by atoms with Crippen LogP contribution in [0.4, 0.5) is 0 Å². The minimum Gasteiger partial charge on any atom is -0.480 e. The Kier molecular flexibility index (Phi) is 7.21. The number of para-hydroxylation sites is 1. The van der Waals surface area contributed by atoms with E-state index >= 15 is 0 Å². The fourth-order valence-electron chi connectivity index (χ4n) is 2.67. The third-order valence-electron chi connectivity index (χ3n) is 4.17. The van der Waals surface area contributed by atoms with Gasteiger partial charge in [-0.2, -0.15) is 0 Å². The van der Waals surface area contributed by atoms with Gasteiger partial charge in [0, 0.05) is 19.5 Å². The summed E-state index contributed by atoms with van der Waals surface area (Å²) in [4.78, 5) is 25.9. The molecule has 0 fully saturated rings. The molecule has 2 aromatic carbocycles. The Labute approximate surface area is 154 Å². The monoisotopic (exact) mass is 354 g/mol. The molecule has 0 heterocycles. The van der Waals surface area contributed by atoms with Gasteiger partial charge >= 0.3 is 0 Å². The normalized spacial score (nSPS) is 11.6. The summed E-state index contributed by atoms with van der Waals surface area (Å²) < 4.78 is 5.97. The van der Waals surface area contributed by atoms with E-state index in [1.165, 1.54) is 0 Å². The van der Waals surface area contributed by atoms with E-state index < -0.39 is 12.0 Å². The average molecular weight is 354 g/mol. The van der Waals surface area contributed by atoms with E-state index in [1.54, 1.807) is 4.90 Å². The summed E-state index contributed by atoms with van der Waals surface area (Å²) in [5.74, 6) is 0.131. The molecule has 0 spiro atoms. The lowest BCUT2D eigenvalue weighted by molar-refractivity contribution is -0.139. The number of primary amides is 1. The molecule has 0 aromatic heterocycles. The fourth-order valence-corrected chi connectivity index (χ4v) is 2.67. The van der Waals surface area contributed by atoms with Gasteiger partial charge in [0.15, 0.2) is 6.10 Å². The Hall–Kier alpha value is -2.82. The van der Waals surface area contributed by atoms with Gasteiger partial charge < -0.3 is 15.4 Å². The molecule has 2 N–H and O–H groups in total. The van der Waals surface area contributed by atoms with Crippen molar-refractivity contribution in [2.24, 2.45) is 5.73 Å². The Morgan fingerprint density at radius 2 is 1.73 bits per heavy atom. The summed E-state index contributed by atoms with van der Waals surface area (Å²) in [5.41, 5.74) is 7.25. The minimum atomic E-state index is -0.604. The zero-order valence-electron chi connectivity index (χ0n) is 15.4. The highest BCUT2D eigenvalue weighted by molar-refractivity contribution is 5.82. The first-order valence-electron chi connectivity index (χ1n) is 8.84. The van der Waals surface area contributed by atoms with Crippen molar-refractivity contribution in [3.05, 3.63) is 65.7 Å². The van der Waals surface area contributed by atoms with E-state index in [9.17, 15) is 9.59 Å². The summed E-state index contributed by atoms with van der Waals surface area (Å²) in [6.07, 6.45) is 0.0571. The number of rotatable bonds is 9. The molecule has 0 aliphatic heterocycles. The summed E-state index contributed by atoms with van der Waals surface area (Å²) in [7, 11) is 0. The van der Waals surface area contributed by atoms with Gasteiger partial charge in [0.25, 0.3) is 5.91 Å². The van der Waals surface area contributed by atoms with Crippen molar-refractivity contribution < 1.29 is 14.3 Å². The number of ether oxygens (including phenoxy) is 1. The predicted molar refractivity (Wildman–Crippen MR) is 102 cm³/mol. The first-order chi connectivity index (χ1) is 12.5. The van der Waals surface area contributed by atoms with Crippen LogP contribution in [0.25, 0.3) is 0 Å². The van der Waals surface area contributed by atoms with Crippen LogP contribution in [-0.4, -0.2) is 29.4 Å². The molecule has 2 rings (SSSR count). The quantitative estimate of drug-likeness (QED) is 0.752. The predicted octanol–water partition coefficient (Wildman–Crippen LogP) is 3.06. The maximum Gasteiger partial charge on any atom is 0.263 e. The largest absolute Gasteiger partial charge is 0.480 e. The molecule has 2 amide bonds. The van der Waals surface area contributed by atoms with Crippen LogP contribution in [0.5, 0.6) is 5.75 Å². The van der Waals surface area contributed by atoms with Crippen LogP contribution >= 0.6 is 0 Å². The topological polar surface area (TPSA) is 72.6 Å². The number of hydrogen-bond donors (Lipinski definition) is 1. The first-order valence-corrected chi connectivity index (χ1v) is 8.84. The van der Waals surface area contributed by atoms with E-state index in [1.807, 2.05) is 68.4 Å². The zero-order valence-corrected chi connectivity index (χ0v) is 15.4. The van der Waals surface area contributed by atoms with Crippen LogP contribution in [-0.2, 0) is 16.1 Å². The van der Waals surface area contributed by atoms with Gasteiger partial charge in [0.05, 0.1) is 0 Å². The lowest BCUT2D eigenvalue weighted by Crippen LogP contribution is -2.42. The van der Waals surface area contributed by atoms with E-state index in [0.29, 0.717) is 18.7 Å². The fraction of sp³-hybridized carbons (Fsp3) is 0.333. The number of carbonyl (C=O) groups is 2. The standard InChI is InChI=1S/C21H26N2O3/c1-3-18(26-19-12-8-7-9-16(19)2)21(25)23(14-13-20(22)24)15-17-10-5-4-6-11-17/h4-12,18H,3,13-15H2,1-2H3,(H2,22,24). The molecule has 5 heteroatoms. The molecule has 0 saturated heterocycles. The molecule has 5 nitrogen and oxygen atoms in total. The Bertz CT molecular complexity index is 731. The highest BCUT2D eigenvalue weighted by Gasteiger charge is 2.25. The maximum atomic E-state index is 13.1. The van der Waals surface area contributed by atoms with Gasteiger partial charge in [0.2, 0.25) is 5.91 Å². The number of amides is 2. The highest BCUT2D eigenvalue weighted by atomic mass is 16.5. The van der Waals surface area contributed by atoms with Crippen LogP contribution in [0, 0.1) is 6.92 Å². The van der Waals surface area contributed by atoms with Gasteiger partial charge in [-0.05, 0) is 30.5 Å². The second-order valence-corrected chi connectivity index (χ2v) is 6.24. The van der Waals surface area contributed by atoms with Gasteiger partial charge in [0.1, 0.15) is 5.75 Å². The lowest BCUT2D eigenvalue weighted by Gasteiger charge is -2.27. The Morgan fingerprint density at radius 1 is 1.08 bits per heavy atom. The van der Waals surface area contributed by atoms with Crippen LogP contribution in [0.15, 0.2) is 54.6 Å². The summed E-state index contributed by atoms with van der Waals surface area (Å²) in [5, 5.41) is 0. The zero-order chi connectivity index (χ0) is 18.9. The first kappa shape index (κ1) is 19.5. The molecule has 1 unspecified atom stereocenters. The number of nitrogens with zero attached hydrogens (tertiary/aromatic N) is 1. The van der Waals surface area contributed by atoms with Crippen molar-refractivity contribution in [3.8, 4) is 5.75 Å². The van der Waals surface area contributed by atoms with Crippen LogP contribution < -0.4 is 10.5 Å². The van der Waals surface area contributed by atoms with Crippen molar-refractivity contribution in [1.29, 1.82) is 0 Å². The number of hydrogen-bond acceptors (Lipinski definition) is 3. The van der Waals surface area contributed by atoms with E-state index in [4.69, 9.17) is 10.5 Å². The maximum absolute atomic E-state index is 13.1. The van der Waals surface area contributed by atoms with Crippen LogP contribution in [0.1, 0.15) is 30.9 Å². The average Bonchev–Trinajstić information content (AvgIpc) is 2.64. The van der Waals surface area contributed by atoms with E-state index in [0.717, 1.165) is 11.1 Å². The number of aryl methyl sites for hydroxylation is 1. The lowest BCUT2D eigenvalue weighted by atomic mass is 10.1. The van der Waals surface area contributed by atoms with Gasteiger partial charge in [-0.15, -0.1) is 0 Å². The van der Waals surface area contributed by atoms with Crippen LogP contribution in [0.2, 0.25) is 0 Å². The second kappa shape index (κ2) is 9.61. The van der Waals surface area contributed by atoms with Crippen molar-refractivity contribution in [3.63, 3.8) is 0 Å². The molecule has 2 aromatic rings. The number of benzene rings is 2. The summed E-state index contributed by atoms with van der Waals surface area (Å²) >= 11 is 0. The molecule has 0 saturated carbocycles. The van der Waals surface area contributed by atoms with Gasteiger partial charge in [-0.1, -0.05) is 55.5 Å². The second-order valence-electron chi connectivity index (χ2n) is 6.24. The third-order valence-corrected chi connectivity index (χ3v) is 4.17. The molecular formula is C21H26N2O3. The van der Waals surface area contributed by atoms with Crippen molar-refractivity contribution in [2.45, 2.75) is 39.3 Å². The molecular weight excluding hydrogens is 328 g/mol. The highest BCUT2D eigenvalue weighted by Crippen LogP contribution is 2.20. The Morgan fingerprint density at radius 3 is 2.35 bits per heavy atom. The smallest absolute Gasteiger partial charge is 0.263 e. The summed E-state index contributed by atoms with van der Waals surface area (Å²) in [6.45, 7) is 4.55. The molecule has 0 aliphatic carbocycles. The molecule has 0 aliphatic rings. The van der Waals surface area contributed by atoms with Crippen molar-refractivity contribution >= 4 is 11.8 Å². The van der Waals surface area contributed by atoms with E-state index in [2.05, 4.69) is 0 Å². The van der Waals surface area contributed by atoms with Crippen LogP contribution in [0.3, 0.4) is 0 Å². The molecule has 0 radical (unpaired) electrons.